The van der Waals surface area contributed by atoms with Crippen LogP contribution < -0.4 is 0 Å². The first-order valence-corrected chi connectivity index (χ1v) is 5.23. The second kappa shape index (κ2) is 10.3. The molecule has 7 heteroatoms. The average molecular weight is 284 g/mol. The van der Waals surface area contributed by atoms with E-state index in [9.17, 15) is 14.4 Å². The lowest BCUT2D eigenvalue weighted by Gasteiger charge is -1.98. The van der Waals surface area contributed by atoms with Gasteiger partial charge in [-0.3, -0.25) is 0 Å². The van der Waals surface area contributed by atoms with Crippen molar-refractivity contribution in [1.82, 2.24) is 0 Å². The van der Waals surface area contributed by atoms with Crippen molar-refractivity contribution in [2.24, 2.45) is 0 Å². The lowest BCUT2D eigenvalue weighted by molar-refractivity contribution is -0.145. The summed E-state index contributed by atoms with van der Waals surface area (Å²) in [6, 6.07) is 5.48. The molecule has 0 aliphatic rings. The molecule has 1 atom stereocenters. The summed E-state index contributed by atoms with van der Waals surface area (Å²) < 4.78 is 0. The molecule has 0 saturated heterocycles. The molecule has 1 aromatic rings. The van der Waals surface area contributed by atoms with E-state index in [2.05, 4.69) is 13.2 Å². The minimum atomic E-state index is -1.23. The van der Waals surface area contributed by atoms with Crippen molar-refractivity contribution in [2.45, 2.75) is 13.0 Å². The van der Waals surface area contributed by atoms with Gasteiger partial charge in [0.05, 0.1) is 11.1 Å². The Bertz CT molecular complexity index is 433. The van der Waals surface area contributed by atoms with Crippen molar-refractivity contribution in [2.75, 3.05) is 0 Å². The van der Waals surface area contributed by atoms with E-state index in [0.717, 1.165) is 0 Å². The molecule has 0 aromatic heterocycles. The molecule has 0 aliphatic heterocycles. The van der Waals surface area contributed by atoms with Crippen LogP contribution >= 0.6 is 0 Å². The van der Waals surface area contributed by atoms with Gasteiger partial charge in [-0.2, -0.15) is 0 Å². The predicted octanol–water partition coefficient (Wildman–Crippen LogP) is 1.34. The van der Waals surface area contributed by atoms with Crippen LogP contribution in [0, 0.1) is 0 Å². The Hall–Kier alpha value is -2.67. The Kier molecular flexibility index (Phi) is 10.1. The summed E-state index contributed by atoms with van der Waals surface area (Å²) in [6.07, 6.45) is -1.23. The SMILES string of the molecule is C=C.CC(O)C(=O)O.O=C(O)c1ccccc1C(=O)O. The normalized spacial score (nSPS) is 9.90. The van der Waals surface area contributed by atoms with Crippen molar-refractivity contribution in [3.63, 3.8) is 0 Å². The molecule has 4 N–H and O–H groups in total. The van der Waals surface area contributed by atoms with E-state index in [-0.39, 0.29) is 11.1 Å². The Labute approximate surface area is 115 Å². The molecule has 0 amide bonds. The number of aromatic carboxylic acids is 2. The van der Waals surface area contributed by atoms with Crippen LogP contribution in [0.1, 0.15) is 27.6 Å². The van der Waals surface area contributed by atoms with E-state index in [1.807, 2.05) is 0 Å². The third-order valence-electron chi connectivity index (χ3n) is 1.75. The maximum atomic E-state index is 10.5. The van der Waals surface area contributed by atoms with Gasteiger partial charge in [0, 0.05) is 0 Å². The van der Waals surface area contributed by atoms with Gasteiger partial charge in [0.2, 0.25) is 0 Å². The Balaban J connectivity index is 0. The Morgan fingerprint density at radius 2 is 1.20 bits per heavy atom. The fraction of sp³-hybridized carbons (Fsp3) is 0.154. The Morgan fingerprint density at radius 3 is 1.35 bits per heavy atom. The lowest BCUT2D eigenvalue weighted by Crippen LogP contribution is -2.13. The largest absolute Gasteiger partial charge is 0.479 e. The summed E-state index contributed by atoms with van der Waals surface area (Å²) in [5, 5.41) is 32.9. The van der Waals surface area contributed by atoms with Gasteiger partial charge in [-0.1, -0.05) is 12.1 Å². The number of aliphatic hydroxyl groups excluding tert-OH is 1. The molecule has 0 bridgehead atoms. The van der Waals surface area contributed by atoms with E-state index in [0.29, 0.717) is 0 Å². The number of aliphatic carboxylic acids is 1. The first-order chi connectivity index (χ1) is 9.27. The third-order valence-corrected chi connectivity index (χ3v) is 1.75. The Morgan fingerprint density at radius 1 is 0.950 bits per heavy atom. The number of carboxylic acids is 3. The molecule has 0 heterocycles. The monoisotopic (exact) mass is 284 g/mol. The van der Waals surface area contributed by atoms with Crippen LogP contribution in [0.15, 0.2) is 37.4 Å². The zero-order valence-electron chi connectivity index (χ0n) is 10.8. The van der Waals surface area contributed by atoms with Gasteiger partial charge in [-0.15, -0.1) is 13.2 Å². The maximum absolute atomic E-state index is 10.5. The molecule has 0 saturated carbocycles. The summed E-state index contributed by atoms with van der Waals surface area (Å²) in [6.45, 7) is 7.20. The van der Waals surface area contributed by atoms with Gasteiger partial charge in [-0.25, -0.2) is 14.4 Å². The van der Waals surface area contributed by atoms with Crippen LogP contribution in [-0.4, -0.2) is 44.4 Å². The van der Waals surface area contributed by atoms with Gasteiger partial charge < -0.3 is 20.4 Å². The second-order valence-electron chi connectivity index (χ2n) is 3.17. The maximum Gasteiger partial charge on any atom is 0.336 e. The third kappa shape index (κ3) is 7.62. The molecule has 0 aliphatic carbocycles. The van der Waals surface area contributed by atoms with Crippen LogP contribution in [0.3, 0.4) is 0 Å². The average Bonchev–Trinajstić information content (AvgIpc) is 2.41. The zero-order chi connectivity index (χ0) is 16.3. The molecule has 20 heavy (non-hydrogen) atoms. The van der Waals surface area contributed by atoms with Crippen molar-refractivity contribution in [1.29, 1.82) is 0 Å². The minimum absolute atomic E-state index is 0.190. The standard InChI is InChI=1S/C8H6O4.C3H6O3.C2H4/c9-7(10)5-3-1-2-4-6(5)8(11)12;1-2(4)3(5)6;1-2/h1-4H,(H,9,10)(H,11,12);2,4H,1H3,(H,5,6);1-2H2. The van der Waals surface area contributed by atoms with Gasteiger partial charge in [0.15, 0.2) is 0 Å². The van der Waals surface area contributed by atoms with Crippen LogP contribution in [0.2, 0.25) is 0 Å². The number of hydrogen-bond acceptors (Lipinski definition) is 4. The smallest absolute Gasteiger partial charge is 0.336 e. The molecular formula is C13H16O7. The van der Waals surface area contributed by atoms with E-state index in [1.165, 1.54) is 31.2 Å². The highest BCUT2D eigenvalue weighted by molar-refractivity contribution is 6.01. The number of benzene rings is 1. The number of rotatable bonds is 3. The molecule has 0 radical (unpaired) electrons. The van der Waals surface area contributed by atoms with Crippen molar-refractivity contribution in [3.05, 3.63) is 48.6 Å². The van der Waals surface area contributed by atoms with Gasteiger partial charge >= 0.3 is 17.9 Å². The summed E-state index contributed by atoms with van der Waals surface area (Å²) >= 11 is 0. The van der Waals surface area contributed by atoms with Crippen LogP contribution in [0.4, 0.5) is 0 Å². The fourth-order valence-corrected chi connectivity index (χ4v) is 0.856. The van der Waals surface area contributed by atoms with E-state index in [4.69, 9.17) is 20.4 Å². The molecule has 1 rings (SSSR count). The molecule has 0 fully saturated rings. The topological polar surface area (TPSA) is 132 Å². The summed E-state index contributed by atoms with van der Waals surface area (Å²) in [4.78, 5) is 30.4. The van der Waals surface area contributed by atoms with Gasteiger partial charge in [0.1, 0.15) is 6.10 Å². The number of carboxylic acid groups (broad SMARTS) is 3. The predicted molar refractivity (Wildman–Crippen MR) is 70.9 cm³/mol. The molecular weight excluding hydrogens is 268 g/mol. The summed E-state index contributed by atoms with van der Waals surface area (Å²) in [5.41, 5.74) is -0.380. The fourth-order valence-electron chi connectivity index (χ4n) is 0.856. The zero-order valence-corrected chi connectivity index (χ0v) is 10.8. The number of carbonyl (C=O) groups is 3. The summed E-state index contributed by atoms with van der Waals surface area (Å²) in [5.74, 6) is -3.64. The lowest BCUT2D eigenvalue weighted by atomic mass is 10.1. The number of hydrogen-bond donors (Lipinski definition) is 4. The number of aliphatic hydroxyl groups is 1. The van der Waals surface area contributed by atoms with Crippen molar-refractivity contribution >= 4 is 17.9 Å². The molecule has 1 unspecified atom stereocenters. The minimum Gasteiger partial charge on any atom is -0.479 e. The van der Waals surface area contributed by atoms with E-state index >= 15 is 0 Å². The second-order valence-corrected chi connectivity index (χ2v) is 3.17. The highest BCUT2D eigenvalue weighted by Crippen LogP contribution is 2.07. The van der Waals surface area contributed by atoms with Gasteiger partial charge in [-0.05, 0) is 19.1 Å². The highest BCUT2D eigenvalue weighted by Gasteiger charge is 2.13. The van der Waals surface area contributed by atoms with Crippen LogP contribution in [0.5, 0.6) is 0 Å². The van der Waals surface area contributed by atoms with Crippen molar-refractivity contribution < 1.29 is 34.8 Å². The first kappa shape index (κ1) is 19.7. The van der Waals surface area contributed by atoms with Crippen molar-refractivity contribution in [3.8, 4) is 0 Å². The molecule has 110 valence electrons. The highest BCUT2D eigenvalue weighted by atomic mass is 16.4. The van der Waals surface area contributed by atoms with Crippen LogP contribution in [-0.2, 0) is 4.79 Å². The van der Waals surface area contributed by atoms with E-state index in [1.54, 1.807) is 0 Å². The quantitative estimate of drug-likeness (QED) is 0.615. The molecule has 0 spiro atoms. The summed E-state index contributed by atoms with van der Waals surface area (Å²) in [7, 11) is 0. The molecule has 7 nitrogen and oxygen atoms in total. The van der Waals surface area contributed by atoms with Gasteiger partial charge in [0.25, 0.3) is 0 Å². The van der Waals surface area contributed by atoms with E-state index < -0.39 is 24.0 Å². The van der Waals surface area contributed by atoms with Crippen LogP contribution in [0.25, 0.3) is 0 Å². The molecule has 1 aromatic carbocycles. The first-order valence-electron chi connectivity index (χ1n) is 5.23.